The molecule has 0 saturated heterocycles. The van der Waals surface area contributed by atoms with E-state index in [0.29, 0.717) is 11.8 Å². The van der Waals surface area contributed by atoms with Gasteiger partial charge in [-0.2, -0.15) is 0 Å². The molecular weight excluding hydrogens is 232 g/mol. The lowest BCUT2D eigenvalue weighted by Crippen LogP contribution is -2.37. The minimum absolute atomic E-state index is 0.334. The van der Waals surface area contributed by atoms with Crippen LogP contribution in [0.1, 0.15) is 97.8 Å². The smallest absolute Gasteiger partial charge is 0.0652 e. The zero-order valence-electron chi connectivity index (χ0n) is 13.6. The van der Waals surface area contributed by atoms with Gasteiger partial charge in [-0.15, -0.1) is 0 Å². The Hall–Kier alpha value is -0.0400. The van der Waals surface area contributed by atoms with Crippen molar-refractivity contribution < 1.29 is 5.11 Å². The number of aliphatic hydroxyl groups is 1. The summed E-state index contributed by atoms with van der Waals surface area (Å²) >= 11 is 0. The largest absolute Gasteiger partial charge is 0.390 e. The molecule has 1 aliphatic rings. The van der Waals surface area contributed by atoms with Crippen molar-refractivity contribution in [1.29, 1.82) is 0 Å². The van der Waals surface area contributed by atoms with Crippen LogP contribution in [0, 0.1) is 11.8 Å². The zero-order valence-corrected chi connectivity index (χ0v) is 13.6. The fourth-order valence-corrected chi connectivity index (χ4v) is 4.03. The normalized spacial score (nSPS) is 31.6. The van der Waals surface area contributed by atoms with E-state index in [0.717, 1.165) is 19.3 Å². The summed E-state index contributed by atoms with van der Waals surface area (Å²) in [6.07, 6.45) is 15.3. The molecule has 1 nitrogen and oxygen atoms in total. The third kappa shape index (κ3) is 7.34. The van der Waals surface area contributed by atoms with Gasteiger partial charge in [-0.3, -0.25) is 0 Å². The van der Waals surface area contributed by atoms with Gasteiger partial charge in [0.2, 0.25) is 0 Å². The third-order valence-electron chi connectivity index (χ3n) is 4.76. The summed E-state index contributed by atoms with van der Waals surface area (Å²) in [4.78, 5) is 0. The molecule has 0 spiro atoms. The van der Waals surface area contributed by atoms with E-state index in [9.17, 15) is 5.11 Å². The van der Waals surface area contributed by atoms with Gasteiger partial charge in [0.1, 0.15) is 0 Å². The molecule has 0 aromatic heterocycles. The highest BCUT2D eigenvalue weighted by Crippen LogP contribution is 2.38. The topological polar surface area (TPSA) is 20.2 Å². The molecule has 1 saturated carbocycles. The Morgan fingerprint density at radius 2 is 1.32 bits per heavy atom. The second kappa shape index (κ2) is 9.00. The maximum absolute atomic E-state index is 10.7. The Kier molecular flexibility index (Phi) is 8.06. The first-order valence-corrected chi connectivity index (χ1v) is 8.78. The molecule has 0 aromatic carbocycles. The van der Waals surface area contributed by atoms with Crippen LogP contribution in [0.2, 0.25) is 0 Å². The van der Waals surface area contributed by atoms with Crippen molar-refractivity contribution in [3.8, 4) is 0 Å². The highest BCUT2D eigenvalue weighted by molar-refractivity contribution is 4.87. The van der Waals surface area contributed by atoms with E-state index >= 15 is 0 Å². The average molecular weight is 268 g/mol. The summed E-state index contributed by atoms with van der Waals surface area (Å²) in [6.45, 7) is 6.87. The van der Waals surface area contributed by atoms with Gasteiger partial charge in [0, 0.05) is 0 Å². The Bertz CT molecular complexity index is 214. The maximum Gasteiger partial charge on any atom is 0.0652 e. The Balaban J connectivity index is 2.04. The summed E-state index contributed by atoms with van der Waals surface area (Å²) < 4.78 is 0. The quantitative estimate of drug-likeness (QED) is 0.531. The predicted molar refractivity (Wildman–Crippen MR) is 84.4 cm³/mol. The lowest BCUT2D eigenvalue weighted by atomic mass is 9.72. The minimum Gasteiger partial charge on any atom is -0.390 e. The molecule has 19 heavy (non-hydrogen) atoms. The second-order valence-corrected chi connectivity index (χ2v) is 7.30. The molecule has 0 bridgehead atoms. The fraction of sp³-hybridized carbons (Fsp3) is 1.00. The van der Waals surface area contributed by atoms with Crippen molar-refractivity contribution in [2.45, 2.75) is 103 Å². The van der Waals surface area contributed by atoms with E-state index in [1.54, 1.807) is 0 Å². The van der Waals surface area contributed by atoms with Crippen LogP contribution in [-0.4, -0.2) is 10.7 Å². The van der Waals surface area contributed by atoms with Crippen molar-refractivity contribution in [1.82, 2.24) is 0 Å². The van der Waals surface area contributed by atoms with Gasteiger partial charge in [0.25, 0.3) is 0 Å². The molecular formula is C18H36O. The van der Waals surface area contributed by atoms with E-state index in [4.69, 9.17) is 0 Å². The Morgan fingerprint density at radius 3 is 1.84 bits per heavy atom. The number of rotatable bonds is 9. The van der Waals surface area contributed by atoms with Gasteiger partial charge in [-0.25, -0.2) is 0 Å². The first kappa shape index (κ1) is 17.0. The molecule has 0 aromatic rings. The number of hydrogen-bond acceptors (Lipinski definition) is 1. The van der Waals surface area contributed by atoms with Crippen molar-refractivity contribution in [3.05, 3.63) is 0 Å². The van der Waals surface area contributed by atoms with Crippen molar-refractivity contribution in [2.24, 2.45) is 11.8 Å². The summed E-state index contributed by atoms with van der Waals surface area (Å²) in [7, 11) is 0. The number of hydrogen-bond donors (Lipinski definition) is 1. The summed E-state index contributed by atoms with van der Waals surface area (Å²) in [5.41, 5.74) is -0.334. The van der Waals surface area contributed by atoms with E-state index < -0.39 is 0 Å². The van der Waals surface area contributed by atoms with Gasteiger partial charge in [-0.05, 0) is 37.5 Å². The van der Waals surface area contributed by atoms with Crippen LogP contribution in [0.25, 0.3) is 0 Å². The molecule has 1 fully saturated rings. The van der Waals surface area contributed by atoms with Crippen LogP contribution in [0.4, 0.5) is 0 Å². The molecule has 0 aliphatic heterocycles. The van der Waals surface area contributed by atoms with E-state index in [2.05, 4.69) is 20.8 Å². The first-order chi connectivity index (χ1) is 9.06. The fourth-order valence-electron chi connectivity index (χ4n) is 4.03. The van der Waals surface area contributed by atoms with Gasteiger partial charge in [-0.1, -0.05) is 72.1 Å². The van der Waals surface area contributed by atoms with Crippen molar-refractivity contribution in [3.63, 3.8) is 0 Å². The van der Waals surface area contributed by atoms with Crippen molar-refractivity contribution in [2.75, 3.05) is 0 Å². The second-order valence-electron chi connectivity index (χ2n) is 7.30. The summed E-state index contributed by atoms with van der Waals surface area (Å²) in [5.74, 6) is 1.42. The third-order valence-corrected chi connectivity index (χ3v) is 4.76. The zero-order chi connectivity index (χ0) is 14.1. The molecule has 0 radical (unpaired) electrons. The highest BCUT2D eigenvalue weighted by Gasteiger charge is 2.35. The van der Waals surface area contributed by atoms with Crippen LogP contribution in [-0.2, 0) is 0 Å². The predicted octanol–water partition coefficient (Wildman–Crippen LogP) is 5.70. The Labute approximate surface area is 121 Å². The highest BCUT2D eigenvalue weighted by atomic mass is 16.3. The maximum atomic E-state index is 10.7. The van der Waals surface area contributed by atoms with Crippen LogP contribution < -0.4 is 0 Å². The molecule has 1 rings (SSSR count). The molecule has 0 heterocycles. The number of unbranched alkanes of at least 4 members (excludes halogenated alkanes) is 7. The molecule has 1 heteroatoms. The van der Waals surface area contributed by atoms with Crippen molar-refractivity contribution >= 4 is 0 Å². The van der Waals surface area contributed by atoms with E-state index in [1.807, 2.05) is 0 Å². The Morgan fingerprint density at radius 1 is 0.842 bits per heavy atom. The lowest BCUT2D eigenvalue weighted by molar-refractivity contribution is -0.0392. The van der Waals surface area contributed by atoms with Gasteiger partial charge < -0.3 is 5.11 Å². The van der Waals surface area contributed by atoms with E-state index in [-0.39, 0.29) is 5.60 Å². The van der Waals surface area contributed by atoms with Crippen LogP contribution >= 0.6 is 0 Å². The van der Waals surface area contributed by atoms with Crippen LogP contribution in [0.3, 0.4) is 0 Å². The molecule has 2 unspecified atom stereocenters. The van der Waals surface area contributed by atoms with Gasteiger partial charge in [0.05, 0.1) is 5.60 Å². The monoisotopic (exact) mass is 268 g/mol. The van der Waals surface area contributed by atoms with Crippen LogP contribution in [0.15, 0.2) is 0 Å². The average Bonchev–Trinajstić information content (AvgIpc) is 2.30. The molecule has 1 N–H and O–H groups in total. The van der Waals surface area contributed by atoms with Crippen LogP contribution in [0.5, 0.6) is 0 Å². The molecule has 2 atom stereocenters. The molecule has 114 valence electrons. The van der Waals surface area contributed by atoms with Gasteiger partial charge >= 0.3 is 0 Å². The lowest BCUT2D eigenvalue weighted by Gasteiger charge is -2.39. The molecule has 1 aliphatic carbocycles. The molecule has 0 amide bonds. The minimum atomic E-state index is -0.334. The SMILES string of the molecule is CCCCCCCCCCC1(O)CC(C)CC(C)C1. The standard InChI is InChI=1S/C18H36O/c1-4-5-6-7-8-9-10-11-12-18(19)14-16(2)13-17(3)15-18/h16-17,19H,4-15H2,1-3H3. The summed E-state index contributed by atoms with van der Waals surface area (Å²) in [6, 6.07) is 0. The van der Waals surface area contributed by atoms with Gasteiger partial charge in [0.15, 0.2) is 0 Å². The van der Waals surface area contributed by atoms with E-state index in [1.165, 1.54) is 57.8 Å². The first-order valence-electron chi connectivity index (χ1n) is 8.78. The summed E-state index contributed by atoms with van der Waals surface area (Å²) in [5, 5.41) is 10.7.